The monoisotopic (exact) mass is 565 g/mol. The number of para-hydroxylation sites is 1. The SMILES string of the molecule is COC(=O)c1ccc(Cl)c(Cc2cc3c(C)cc(Br)cc3n2-c2ccccc2)c1Cl.O=S=O. The average Bonchev–Trinajstić information content (AvgIpc) is 3.15. The molecule has 1 aromatic heterocycles. The van der Waals surface area contributed by atoms with E-state index in [0.29, 0.717) is 27.6 Å². The molecule has 0 radical (unpaired) electrons. The van der Waals surface area contributed by atoms with Crippen LogP contribution in [0.25, 0.3) is 16.6 Å². The zero-order valence-corrected chi connectivity index (χ0v) is 21.5. The number of benzene rings is 3. The molecule has 4 rings (SSSR count). The zero-order chi connectivity index (χ0) is 24.1. The van der Waals surface area contributed by atoms with Gasteiger partial charge in [0, 0.05) is 32.7 Å². The number of hydrogen-bond donors (Lipinski definition) is 0. The number of ether oxygens (including phenoxy) is 1. The van der Waals surface area contributed by atoms with Crippen LogP contribution in [0.2, 0.25) is 10.0 Å². The lowest BCUT2D eigenvalue weighted by Gasteiger charge is -2.14. The highest BCUT2D eigenvalue weighted by atomic mass is 79.9. The van der Waals surface area contributed by atoms with E-state index < -0.39 is 17.5 Å². The Morgan fingerprint density at radius 1 is 1.06 bits per heavy atom. The number of fused-ring (bicyclic) bond motifs is 1. The van der Waals surface area contributed by atoms with Gasteiger partial charge in [-0.3, -0.25) is 0 Å². The highest BCUT2D eigenvalue weighted by Gasteiger charge is 2.20. The van der Waals surface area contributed by atoms with Crippen molar-refractivity contribution in [2.75, 3.05) is 7.11 Å². The number of rotatable bonds is 4. The summed E-state index contributed by atoms with van der Waals surface area (Å²) in [7, 11) is 1.33. The average molecular weight is 567 g/mol. The molecule has 170 valence electrons. The van der Waals surface area contributed by atoms with E-state index in [9.17, 15) is 4.79 Å². The molecule has 1 heterocycles. The van der Waals surface area contributed by atoms with Crippen LogP contribution in [0, 0.1) is 6.92 Å². The standard InChI is InChI=1S/C24H18BrCl2NO2.O2S/c1-14-10-15(25)11-22-19(14)12-17(28(22)16-6-4-3-5-7-16)13-20-21(26)9-8-18(23(20)27)24(29)30-2;1-3-2/h3-12H,13H2,1-2H3;. The van der Waals surface area contributed by atoms with Gasteiger partial charge in [0.2, 0.25) is 0 Å². The molecule has 9 heteroatoms. The Labute approximate surface area is 213 Å². The number of aryl methyl sites for hydroxylation is 1. The van der Waals surface area contributed by atoms with Crippen molar-refractivity contribution in [2.24, 2.45) is 0 Å². The minimum absolute atomic E-state index is 0.305. The van der Waals surface area contributed by atoms with Gasteiger partial charge in [-0.15, -0.1) is 0 Å². The van der Waals surface area contributed by atoms with Crippen LogP contribution in [0.4, 0.5) is 0 Å². The Bertz CT molecular complexity index is 1370. The topological polar surface area (TPSA) is 65.4 Å². The van der Waals surface area contributed by atoms with E-state index >= 15 is 0 Å². The lowest BCUT2D eigenvalue weighted by molar-refractivity contribution is 0.0601. The van der Waals surface area contributed by atoms with E-state index in [1.807, 2.05) is 18.2 Å². The molecule has 0 aliphatic rings. The first-order chi connectivity index (χ1) is 15.8. The van der Waals surface area contributed by atoms with Gasteiger partial charge in [0.15, 0.2) is 0 Å². The van der Waals surface area contributed by atoms with Gasteiger partial charge in [-0.25, -0.2) is 4.79 Å². The molecule has 3 aromatic carbocycles. The molecule has 0 bridgehead atoms. The number of hydrogen-bond acceptors (Lipinski definition) is 4. The van der Waals surface area contributed by atoms with E-state index in [1.54, 1.807) is 12.1 Å². The van der Waals surface area contributed by atoms with Gasteiger partial charge in [0.05, 0.1) is 23.2 Å². The van der Waals surface area contributed by atoms with Gasteiger partial charge in [0.25, 0.3) is 0 Å². The van der Waals surface area contributed by atoms with Crippen molar-refractivity contribution in [1.82, 2.24) is 4.57 Å². The lowest BCUT2D eigenvalue weighted by atomic mass is 10.0. The smallest absolute Gasteiger partial charge is 0.339 e. The van der Waals surface area contributed by atoms with Crippen molar-refractivity contribution in [3.63, 3.8) is 0 Å². The number of carbonyl (C=O) groups excluding carboxylic acids is 1. The quantitative estimate of drug-likeness (QED) is 0.257. The summed E-state index contributed by atoms with van der Waals surface area (Å²) < 4.78 is 24.6. The number of nitrogens with zero attached hydrogens (tertiary/aromatic N) is 1. The van der Waals surface area contributed by atoms with Crippen LogP contribution in [-0.2, 0) is 22.7 Å². The molecule has 0 N–H and O–H groups in total. The molecule has 4 aromatic rings. The minimum Gasteiger partial charge on any atom is -0.465 e. The molecule has 0 saturated heterocycles. The van der Waals surface area contributed by atoms with Gasteiger partial charge in [0.1, 0.15) is 0 Å². The van der Waals surface area contributed by atoms with Crippen LogP contribution in [0.1, 0.15) is 27.2 Å². The maximum atomic E-state index is 12.1. The van der Waals surface area contributed by atoms with Crippen molar-refractivity contribution in [2.45, 2.75) is 13.3 Å². The van der Waals surface area contributed by atoms with Crippen molar-refractivity contribution in [3.05, 3.63) is 97.6 Å². The summed E-state index contributed by atoms with van der Waals surface area (Å²) in [6.07, 6.45) is 0.461. The minimum atomic E-state index is -0.750. The maximum Gasteiger partial charge on any atom is 0.339 e. The molecule has 33 heavy (non-hydrogen) atoms. The first-order valence-corrected chi connectivity index (χ1v) is 11.9. The van der Waals surface area contributed by atoms with E-state index in [0.717, 1.165) is 32.3 Å². The Morgan fingerprint density at radius 2 is 1.73 bits per heavy atom. The summed E-state index contributed by atoms with van der Waals surface area (Å²) >= 11 is 16.0. The number of esters is 1. The first kappa shape index (κ1) is 25.2. The number of methoxy groups -OCH3 is 1. The number of halogens is 3. The summed E-state index contributed by atoms with van der Waals surface area (Å²) in [4.78, 5) is 12.1. The van der Waals surface area contributed by atoms with Gasteiger partial charge in [-0.1, -0.05) is 57.3 Å². The molecular weight excluding hydrogens is 549 g/mol. The molecule has 0 amide bonds. The number of carbonyl (C=O) groups is 1. The summed E-state index contributed by atoms with van der Waals surface area (Å²) in [5.41, 5.74) is 5.30. The van der Waals surface area contributed by atoms with Gasteiger partial charge in [-0.05, 0) is 60.5 Å². The molecule has 0 aliphatic carbocycles. The lowest BCUT2D eigenvalue weighted by Crippen LogP contribution is -2.06. The van der Waals surface area contributed by atoms with E-state index in [-0.39, 0.29) is 0 Å². The summed E-state index contributed by atoms with van der Waals surface area (Å²) in [5.74, 6) is -0.485. The molecule has 0 unspecified atom stereocenters. The van der Waals surface area contributed by atoms with Crippen molar-refractivity contribution >= 4 is 67.6 Å². The molecule has 0 aliphatic heterocycles. The normalized spacial score (nSPS) is 10.5. The summed E-state index contributed by atoms with van der Waals surface area (Å²) in [6, 6.07) is 19.8. The molecular formula is C24H18BrCl2NO4S. The summed E-state index contributed by atoms with van der Waals surface area (Å²) in [5, 5.41) is 1.97. The maximum absolute atomic E-state index is 12.1. The molecule has 5 nitrogen and oxygen atoms in total. The Hall–Kier alpha value is -2.45. The van der Waals surface area contributed by atoms with Crippen LogP contribution >= 0.6 is 39.1 Å². The highest BCUT2D eigenvalue weighted by molar-refractivity contribution is 9.10. The molecule has 0 saturated carbocycles. The molecule has 0 spiro atoms. The van der Waals surface area contributed by atoms with E-state index in [4.69, 9.17) is 36.4 Å². The third-order valence-electron chi connectivity index (χ3n) is 5.13. The summed E-state index contributed by atoms with van der Waals surface area (Å²) in [6.45, 7) is 2.09. The van der Waals surface area contributed by atoms with Gasteiger partial charge >= 0.3 is 17.5 Å². The largest absolute Gasteiger partial charge is 0.465 e. The fourth-order valence-corrected chi connectivity index (χ4v) is 4.86. The fraction of sp³-hybridized carbons (Fsp3) is 0.125. The van der Waals surface area contributed by atoms with E-state index in [2.05, 4.69) is 57.8 Å². The predicted molar refractivity (Wildman–Crippen MR) is 135 cm³/mol. The third kappa shape index (κ3) is 5.38. The van der Waals surface area contributed by atoms with Crippen LogP contribution in [0.15, 0.2) is 65.1 Å². The first-order valence-electron chi connectivity index (χ1n) is 9.65. The fourth-order valence-electron chi connectivity index (χ4n) is 3.72. The van der Waals surface area contributed by atoms with Crippen LogP contribution in [0.5, 0.6) is 0 Å². The van der Waals surface area contributed by atoms with Crippen LogP contribution in [0.3, 0.4) is 0 Å². The third-order valence-corrected chi connectivity index (χ3v) is 6.38. The second-order valence-corrected chi connectivity index (χ2v) is 8.92. The van der Waals surface area contributed by atoms with Crippen molar-refractivity contribution in [3.8, 4) is 5.69 Å². The second kappa shape index (κ2) is 11.1. The molecule has 0 fully saturated rings. The zero-order valence-electron chi connectivity index (χ0n) is 17.6. The van der Waals surface area contributed by atoms with Crippen LogP contribution < -0.4 is 0 Å². The molecule has 0 atom stereocenters. The van der Waals surface area contributed by atoms with Crippen LogP contribution in [-0.4, -0.2) is 26.1 Å². The second-order valence-electron chi connectivity index (χ2n) is 7.09. The van der Waals surface area contributed by atoms with E-state index in [1.165, 1.54) is 7.11 Å². The predicted octanol–water partition coefficient (Wildman–Crippen LogP) is 6.72. The highest BCUT2D eigenvalue weighted by Crippen LogP contribution is 2.35. The number of aromatic nitrogens is 1. The Balaban J connectivity index is 0.000000968. The Morgan fingerprint density at radius 3 is 2.36 bits per heavy atom. The van der Waals surface area contributed by atoms with Crippen molar-refractivity contribution < 1.29 is 17.9 Å². The Kier molecular flexibility index (Phi) is 8.48. The van der Waals surface area contributed by atoms with Gasteiger partial charge < -0.3 is 9.30 Å². The van der Waals surface area contributed by atoms with Crippen molar-refractivity contribution in [1.29, 1.82) is 0 Å². The van der Waals surface area contributed by atoms with Gasteiger partial charge in [-0.2, -0.15) is 8.42 Å².